The first-order valence-electron chi connectivity index (χ1n) is 8.95. The molecule has 1 amide bonds. The van der Waals surface area contributed by atoms with Crippen molar-refractivity contribution in [3.63, 3.8) is 0 Å². The van der Waals surface area contributed by atoms with E-state index in [0.29, 0.717) is 25.3 Å². The highest BCUT2D eigenvalue weighted by Crippen LogP contribution is 2.18. The summed E-state index contributed by atoms with van der Waals surface area (Å²) in [6.45, 7) is 3.21. The van der Waals surface area contributed by atoms with Gasteiger partial charge in [0.1, 0.15) is 11.6 Å². The van der Waals surface area contributed by atoms with Crippen LogP contribution >= 0.6 is 0 Å². The first-order chi connectivity index (χ1) is 13.1. The number of ketones is 1. The fourth-order valence-electron chi connectivity index (χ4n) is 2.92. The van der Waals surface area contributed by atoms with Crippen LogP contribution in [0.2, 0.25) is 0 Å². The van der Waals surface area contributed by atoms with Crippen LogP contribution < -0.4 is 10.2 Å². The number of nitrogens with zero attached hydrogens (tertiary/aromatic N) is 2. The summed E-state index contributed by atoms with van der Waals surface area (Å²) in [4.78, 5) is 30.8. The minimum atomic E-state index is -0.392. The van der Waals surface area contributed by atoms with Crippen LogP contribution in [0.3, 0.4) is 0 Å². The van der Waals surface area contributed by atoms with Crippen molar-refractivity contribution in [2.24, 2.45) is 0 Å². The highest BCUT2D eigenvalue weighted by Gasteiger charge is 2.16. The molecule has 1 aliphatic rings. The maximum absolute atomic E-state index is 12.9. The van der Waals surface area contributed by atoms with Crippen LogP contribution in [0.15, 0.2) is 42.6 Å². The average Bonchev–Trinajstić information content (AvgIpc) is 2.72. The Labute approximate surface area is 157 Å². The van der Waals surface area contributed by atoms with E-state index in [1.807, 2.05) is 12.1 Å². The summed E-state index contributed by atoms with van der Waals surface area (Å²) in [6.07, 6.45) is 1.90. The SMILES string of the molecule is O=C(CCC(=O)c1ccc(F)cc1)NCc1cccnc1N1CCOCC1. The normalized spacial score (nSPS) is 14.0. The van der Waals surface area contributed by atoms with Gasteiger partial charge in [-0.05, 0) is 30.3 Å². The monoisotopic (exact) mass is 371 g/mol. The summed E-state index contributed by atoms with van der Waals surface area (Å²) in [7, 11) is 0. The number of ether oxygens (including phenoxy) is 1. The number of pyridine rings is 1. The summed E-state index contributed by atoms with van der Waals surface area (Å²) >= 11 is 0. The van der Waals surface area contributed by atoms with Crippen LogP contribution in [0, 0.1) is 5.82 Å². The third-order valence-corrected chi connectivity index (χ3v) is 4.40. The Bertz CT molecular complexity index is 789. The second-order valence-corrected chi connectivity index (χ2v) is 6.29. The van der Waals surface area contributed by atoms with Crippen LogP contribution in [-0.4, -0.2) is 43.0 Å². The van der Waals surface area contributed by atoms with Crippen molar-refractivity contribution < 1.29 is 18.7 Å². The van der Waals surface area contributed by atoms with Crippen molar-refractivity contribution in [1.29, 1.82) is 0 Å². The minimum absolute atomic E-state index is 0.0842. The number of anilines is 1. The van der Waals surface area contributed by atoms with Gasteiger partial charge >= 0.3 is 0 Å². The van der Waals surface area contributed by atoms with Crippen LogP contribution in [0.25, 0.3) is 0 Å². The molecule has 0 saturated carbocycles. The Morgan fingerprint density at radius 3 is 2.59 bits per heavy atom. The van der Waals surface area contributed by atoms with Crippen molar-refractivity contribution in [2.75, 3.05) is 31.2 Å². The number of Topliss-reactive ketones (excluding diaryl/α,β-unsaturated/α-hetero) is 1. The number of aromatic nitrogens is 1. The third kappa shape index (κ3) is 5.34. The molecule has 1 aliphatic heterocycles. The molecule has 0 unspecified atom stereocenters. The van der Waals surface area contributed by atoms with E-state index < -0.39 is 5.82 Å². The lowest BCUT2D eigenvalue weighted by Crippen LogP contribution is -2.37. The van der Waals surface area contributed by atoms with E-state index in [2.05, 4.69) is 15.2 Å². The van der Waals surface area contributed by atoms with E-state index in [0.717, 1.165) is 24.5 Å². The molecule has 0 radical (unpaired) electrons. The van der Waals surface area contributed by atoms with Gasteiger partial charge in [-0.15, -0.1) is 0 Å². The summed E-state index contributed by atoms with van der Waals surface area (Å²) in [5.74, 6) is 0.0723. The Morgan fingerprint density at radius 1 is 1.11 bits per heavy atom. The van der Waals surface area contributed by atoms with Gasteiger partial charge in [0.25, 0.3) is 0 Å². The summed E-state index contributed by atoms with van der Waals surface area (Å²) in [5.41, 5.74) is 1.34. The van der Waals surface area contributed by atoms with E-state index in [1.165, 1.54) is 24.3 Å². The molecular weight excluding hydrogens is 349 g/mol. The quantitative estimate of drug-likeness (QED) is 0.757. The maximum atomic E-state index is 12.9. The van der Waals surface area contributed by atoms with Crippen molar-refractivity contribution >= 4 is 17.5 Å². The highest BCUT2D eigenvalue weighted by atomic mass is 19.1. The summed E-state index contributed by atoms with van der Waals surface area (Å²) in [6, 6.07) is 9.11. The Balaban J connectivity index is 1.50. The number of halogens is 1. The van der Waals surface area contributed by atoms with Crippen LogP contribution in [0.4, 0.5) is 10.2 Å². The minimum Gasteiger partial charge on any atom is -0.378 e. The van der Waals surface area contributed by atoms with Crippen molar-refractivity contribution in [3.05, 3.63) is 59.5 Å². The smallest absolute Gasteiger partial charge is 0.220 e. The number of nitrogens with one attached hydrogen (secondary N) is 1. The molecule has 0 bridgehead atoms. The predicted octanol–water partition coefficient (Wildman–Crippen LogP) is 2.34. The fourth-order valence-corrected chi connectivity index (χ4v) is 2.92. The van der Waals surface area contributed by atoms with E-state index in [4.69, 9.17) is 4.74 Å². The average molecular weight is 371 g/mol. The molecule has 1 N–H and O–H groups in total. The van der Waals surface area contributed by atoms with Crippen LogP contribution in [0.1, 0.15) is 28.8 Å². The standard InChI is InChI=1S/C20H22FN3O3/c21-17-5-3-15(4-6-17)18(25)7-8-19(26)23-14-16-2-1-9-22-20(16)24-10-12-27-13-11-24/h1-6,9H,7-8,10-14H2,(H,23,26). The lowest BCUT2D eigenvalue weighted by atomic mass is 10.1. The van der Waals surface area contributed by atoms with E-state index in [1.54, 1.807) is 6.20 Å². The van der Waals surface area contributed by atoms with Crippen LogP contribution in [-0.2, 0) is 16.1 Å². The van der Waals surface area contributed by atoms with Gasteiger partial charge in [0.2, 0.25) is 5.91 Å². The van der Waals surface area contributed by atoms with Gasteiger partial charge in [0, 0.05) is 49.8 Å². The molecule has 0 spiro atoms. The second-order valence-electron chi connectivity index (χ2n) is 6.29. The molecule has 1 saturated heterocycles. The van der Waals surface area contributed by atoms with Crippen molar-refractivity contribution in [3.8, 4) is 0 Å². The Kier molecular flexibility index (Phi) is 6.49. The molecule has 6 nitrogen and oxygen atoms in total. The Morgan fingerprint density at radius 2 is 1.85 bits per heavy atom. The van der Waals surface area contributed by atoms with Gasteiger partial charge in [-0.1, -0.05) is 6.07 Å². The molecule has 2 aromatic rings. The molecule has 1 aromatic heterocycles. The van der Waals surface area contributed by atoms with E-state index in [-0.39, 0.29) is 24.5 Å². The first kappa shape index (κ1) is 19.0. The number of amides is 1. The molecule has 3 rings (SSSR count). The molecule has 142 valence electrons. The molecule has 2 heterocycles. The number of morpholine rings is 1. The van der Waals surface area contributed by atoms with Gasteiger partial charge in [-0.2, -0.15) is 0 Å². The second kappa shape index (κ2) is 9.23. The fraction of sp³-hybridized carbons (Fsp3) is 0.350. The molecule has 1 fully saturated rings. The Hall–Kier alpha value is -2.80. The van der Waals surface area contributed by atoms with Gasteiger partial charge < -0.3 is 15.0 Å². The molecule has 0 atom stereocenters. The summed E-state index contributed by atoms with van der Waals surface area (Å²) in [5, 5.41) is 2.85. The lowest BCUT2D eigenvalue weighted by Gasteiger charge is -2.29. The number of rotatable bonds is 7. The van der Waals surface area contributed by atoms with Gasteiger partial charge in [0.05, 0.1) is 13.2 Å². The zero-order chi connectivity index (χ0) is 19.1. The summed E-state index contributed by atoms with van der Waals surface area (Å²) < 4.78 is 18.3. The van der Waals surface area contributed by atoms with Gasteiger partial charge in [-0.3, -0.25) is 9.59 Å². The molecular formula is C20H22FN3O3. The molecule has 7 heteroatoms. The number of carbonyl (C=O) groups is 2. The largest absolute Gasteiger partial charge is 0.378 e. The number of hydrogen-bond acceptors (Lipinski definition) is 5. The van der Waals surface area contributed by atoms with Gasteiger partial charge in [0.15, 0.2) is 5.78 Å². The highest BCUT2D eigenvalue weighted by molar-refractivity contribution is 5.97. The number of benzene rings is 1. The van der Waals surface area contributed by atoms with Crippen molar-refractivity contribution in [1.82, 2.24) is 10.3 Å². The van der Waals surface area contributed by atoms with Crippen LogP contribution in [0.5, 0.6) is 0 Å². The number of hydrogen-bond donors (Lipinski definition) is 1. The predicted molar refractivity (Wildman–Crippen MR) is 99.1 cm³/mol. The van der Waals surface area contributed by atoms with Crippen molar-refractivity contribution in [2.45, 2.75) is 19.4 Å². The molecule has 27 heavy (non-hydrogen) atoms. The zero-order valence-electron chi connectivity index (χ0n) is 15.0. The zero-order valence-corrected chi connectivity index (χ0v) is 15.0. The maximum Gasteiger partial charge on any atom is 0.220 e. The lowest BCUT2D eigenvalue weighted by molar-refractivity contribution is -0.121. The molecule has 1 aromatic carbocycles. The van der Waals surface area contributed by atoms with E-state index >= 15 is 0 Å². The van der Waals surface area contributed by atoms with E-state index in [9.17, 15) is 14.0 Å². The topological polar surface area (TPSA) is 71.5 Å². The molecule has 0 aliphatic carbocycles. The number of carbonyl (C=O) groups excluding carboxylic acids is 2. The third-order valence-electron chi connectivity index (χ3n) is 4.40. The first-order valence-corrected chi connectivity index (χ1v) is 8.95. The van der Waals surface area contributed by atoms with Gasteiger partial charge in [-0.25, -0.2) is 9.37 Å².